The number of unbranched alkanes of at least 4 members (excludes halogenated alkanes) is 1. The van der Waals surface area contributed by atoms with Gasteiger partial charge in [-0.2, -0.15) is 4.80 Å². The summed E-state index contributed by atoms with van der Waals surface area (Å²) in [4.78, 5) is 27.6. The van der Waals surface area contributed by atoms with E-state index in [0.717, 1.165) is 64.9 Å². The van der Waals surface area contributed by atoms with Gasteiger partial charge in [0.25, 0.3) is 5.56 Å². The van der Waals surface area contributed by atoms with Crippen LogP contribution in [-0.2, 0) is 24.2 Å². The van der Waals surface area contributed by atoms with Crippen molar-refractivity contribution in [3.05, 3.63) is 80.5 Å². The number of allylic oxidation sites excluding steroid dienone is 1. The van der Waals surface area contributed by atoms with E-state index >= 15 is 0 Å². The number of nitrogens with one attached hydrogen (secondary N) is 1. The highest BCUT2D eigenvalue weighted by Crippen LogP contribution is 2.38. The van der Waals surface area contributed by atoms with Crippen molar-refractivity contribution in [1.29, 1.82) is 0 Å². The number of tetrazole rings is 1. The number of H-pyrrole nitrogens is 1. The Labute approximate surface area is 192 Å². The molecule has 0 atom stereocenters. The maximum Gasteiger partial charge on any atom is 0.327 e. The summed E-state index contributed by atoms with van der Waals surface area (Å²) in [7, 11) is 0. The van der Waals surface area contributed by atoms with Crippen LogP contribution in [0.25, 0.3) is 5.57 Å². The molecule has 1 aliphatic carbocycles. The van der Waals surface area contributed by atoms with Gasteiger partial charge in [-0.3, -0.25) is 9.59 Å². The SMILES string of the molecule is CCC/C=C(\c1ccc(CCc2nnn(CC(=O)O)n2)c(C)c1)c1ccc(C2CC2)c(=O)[nH]1. The number of nitrogens with zero attached hydrogens (tertiary/aromatic N) is 4. The van der Waals surface area contributed by atoms with Crippen LogP contribution >= 0.6 is 0 Å². The smallest absolute Gasteiger partial charge is 0.327 e. The quantitative estimate of drug-likeness (QED) is 0.490. The van der Waals surface area contributed by atoms with Gasteiger partial charge >= 0.3 is 5.97 Å². The van der Waals surface area contributed by atoms with Crippen LogP contribution in [-0.4, -0.2) is 36.3 Å². The summed E-state index contributed by atoms with van der Waals surface area (Å²) < 4.78 is 0. The molecule has 1 aliphatic rings. The van der Waals surface area contributed by atoms with Crippen LogP contribution < -0.4 is 5.56 Å². The standard InChI is InChI=1S/C25H29N5O3/c1-3-4-5-20(22-12-11-21(18-7-8-18)25(33)26-22)19-9-6-17(16(2)14-19)10-13-23-27-29-30(28-23)15-24(31)32/h5-6,9,11-12,14,18H,3-4,7-8,10,13,15H2,1-2H3,(H,26,33)(H,31,32)/b20-5+. The summed E-state index contributed by atoms with van der Waals surface area (Å²) in [5.74, 6) is -0.0509. The zero-order valence-electron chi connectivity index (χ0n) is 19.0. The third-order valence-corrected chi connectivity index (χ3v) is 5.93. The molecule has 33 heavy (non-hydrogen) atoms. The van der Waals surface area contributed by atoms with Crippen LogP contribution in [0.15, 0.2) is 41.2 Å². The lowest BCUT2D eigenvalue weighted by molar-refractivity contribution is -0.138. The second kappa shape index (κ2) is 9.94. The molecule has 0 spiro atoms. The number of benzene rings is 1. The van der Waals surface area contributed by atoms with Gasteiger partial charge in [-0.05, 0) is 66.5 Å². The predicted octanol–water partition coefficient (Wildman–Crippen LogP) is 3.65. The third kappa shape index (κ3) is 5.63. The molecule has 172 valence electrons. The maximum absolute atomic E-state index is 12.6. The first kappa shape index (κ1) is 22.6. The molecule has 0 unspecified atom stereocenters. The second-order valence-electron chi connectivity index (χ2n) is 8.61. The number of carboxylic acid groups (broad SMARTS) is 1. The Kier molecular flexibility index (Phi) is 6.82. The number of aromatic nitrogens is 5. The highest BCUT2D eigenvalue weighted by molar-refractivity contribution is 5.78. The molecule has 0 aliphatic heterocycles. The fourth-order valence-corrected chi connectivity index (χ4v) is 3.98. The molecule has 0 amide bonds. The highest BCUT2D eigenvalue weighted by atomic mass is 16.4. The van der Waals surface area contributed by atoms with Gasteiger partial charge in [-0.1, -0.05) is 43.7 Å². The van der Waals surface area contributed by atoms with Gasteiger partial charge in [0.1, 0.15) is 0 Å². The van der Waals surface area contributed by atoms with Gasteiger partial charge in [0.2, 0.25) is 0 Å². The molecule has 2 aromatic heterocycles. The first-order valence-electron chi connectivity index (χ1n) is 11.5. The Hall–Kier alpha value is -3.55. The summed E-state index contributed by atoms with van der Waals surface area (Å²) >= 11 is 0. The topological polar surface area (TPSA) is 114 Å². The van der Waals surface area contributed by atoms with E-state index in [9.17, 15) is 9.59 Å². The van der Waals surface area contributed by atoms with Crippen molar-refractivity contribution in [2.75, 3.05) is 0 Å². The van der Waals surface area contributed by atoms with Gasteiger partial charge in [-0.25, -0.2) is 0 Å². The minimum absolute atomic E-state index is 0.0224. The summed E-state index contributed by atoms with van der Waals surface area (Å²) in [6, 6.07) is 10.4. The fourth-order valence-electron chi connectivity index (χ4n) is 3.98. The fraction of sp³-hybridized carbons (Fsp3) is 0.400. The van der Waals surface area contributed by atoms with Crippen LogP contribution in [0, 0.1) is 6.92 Å². The molecule has 1 aromatic carbocycles. The number of aryl methyl sites for hydroxylation is 3. The first-order chi connectivity index (χ1) is 15.9. The van der Waals surface area contributed by atoms with E-state index in [1.807, 2.05) is 12.1 Å². The number of aliphatic carboxylic acids is 1. The van der Waals surface area contributed by atoms with Gasteiger partial charge in [0.15, 0.2) is 12.4 Å². The summed E-state index contributed by atoms with van der Waals surface area (Å²) in [5, 5.41) is 20.7. The Bertz CT molecular complexity index is 1240. The Balaban J connectivity index is 1.52. The number of carbonyl (C=O) groups is 1. The van der Waals surface area contributed by atoms with Gasteiger partial charge in [0.05, 0.1) is 0 Å². The minimum Gasteiger partial charge on any atom is -0.480 e. The molecule has 0 saturated heterocycles. The number of hydrogen-bond acceptors (Lipinski definition) is 5. The molecule has 8 nitrogen and oxygen atoms in total. The van der Waals surface area contributed by atoms with Crippen molar-refractivity contribution in [3.8, 4) is 0 Å². The van der Waals surface area contributed by atoms with Crippen molar-refractivity contribution in [2.24, 2.45) is 0 Å². The maximum atomic E-state index is 12.6. The van der Waals surface area contributed by atoms with E-state index in [1.165, 1.54) is 5.56 Å². The molecule has 1 saturated carbocycles. The number of aromatic amines is 1. The first-order valence-corrected chi connectivity index (χ1v) is 11.5. The number of carboxylic acids is 1. The predicted molar refractivity (Wildman–Crippen MR) is 125 cm³/mol. The highest BCUT2D eigenvalue weighted by Gasteiger charge is 2.26. The summed E-state index contributed by atoms with van der Waals surface area (Å²) in [6.07, 6.45) is 7.67. The summed E-state index contributed by atoms with van der Waals surface area (Å²) in [6.45, 7) is 3.92. The zero-order valence-corrected chi connectivity index (χ0v) is 19.0. The van der Waals surface area contributed by atoms with E-state index < -0.39 is 5.97 Å². The number of hydrogen-bond donors (Lipinski definition) is 2. The van der Waals surface area contributed by atoms with Crippen LogP contribution in [0.5, 0.6) is 0 Å². The molecular formula is C25H29N5O3. The molecule has 3 aromatic rings. The molecule has 0 bridgehead atoms. The normalized spacial score (nSPS) is 13.9. The van der Waals surface area contributed by atoms with E-state index in [4.69, 9.17) is 5.11 Å². The van der Waals surface area contributed by atoms with Crippen LogP contribution in [0.1, 0.15) is 72.3 Å². The van der Waals surface area contributed by atoms with E-state index in [1.54, 1.807) is 0 Å². The second-order valence-corrected chi connectivity index (χ2v) is 8.61. The van der Waals surface area contributed by atoms with Crippen molar-refractivity contribution >= 4 is 11.5 Å². The lowest BCUT2D eigenvalue weighted by Gasteiger charge is -2.13. The largest absolute Gasteiger partial charge is 0.480 e. The number of pyridine rings is 1. The molecular weight excluding hydrogens is 418 g/mol. The van der Waals surface area contributed by atoms with Crippen molar-refractivity contribution in [1.82, 2.24) is 25.2 Å². The monoisotopic (exact) mass is 447 g/mol. The molecule has 0 radical (unpaired) electrons. The van der Waals surface area contributed by atoms with E-state index in [-0.39, 0.29) is 12.1 Å². The van der Waals surface area contributed by atoms with E-state index in [2.05, 4.69) is 58.5 Å². The average molecular weight is 448 g/mol. The Morgan fingerprint density at radius 2 is 2.06 bits per heavy atom. The lowest BCUT2D eigenvalue weighted by Crippen LogP contribution is -2.13. The third-order valence-electron chi connectivity index (χ3n) is 5.93. The van der Waals surface area contributed by atoms with E-state index in [0.29, 0.717) is 18.2 Å². The average Bonchev–Trinajstić information content (AvgIpc) is 3.52. The molecule has 1 fully saturated rings. The van der Waals surface area contributed by atoms with Crippen molar-refractivity contribution in [3.63, 3.8) is 0 Å². The van der Waals surface area contributed by atoms with Gasteiger partial charge < -0.3 is 10.1 Å². The lowest BCUT2D eigenvalue weighted by atomic mass is 9.94. The molecule has 8 heteroatoms. The van der Waals surface area contributed by atoms with Crippen LogP contribution in [0.3, 0.4) is 0 Å². The Morgan fingerprint density at radius 1 is 1.24 bits per heavy atom. The van der Waals surface area contributed by atoms with Crippen LogP contribution in [0.4, 0.5) is 0 Å². The van der Waals surface area contributed by atoms with Crippen molar-refractivity contribution < 1.29 is 9.90 Å². The van der Waals surface area contributed by atoms with Gasteiger partial charge in [-0.15, -0.1) is 10.2 Å². The minimum atomic E-state index is -0.999. The zero-order chi connectivity index (χ0) is 23.4. The van der Waals surface area contributed by atoms with Gasteiger partial charge in [0, 0.05) is 23.3 Å². The summed E-state index contributed by atoms with van der Waals surface area (Å²) in [5.41, 5.74) is 6.20. The molecule has 2 N–H and O–H groups in total. The van der Waals surface area contributed by atoms with Crippen LogP contribution in [0.2, 0.25) is 0 Å². The van der Waals surface area contributed by atoms with Crippen molar-refractivity contribution in [2.45, 2.75) is 64.8 Å². The molecule has 2 heterocycles. The Morgan fingerprint density at radius 3 is 2.73 bits per heavy atom. The molecule has 4 rings (SSSR count). The number of rotatable bonds is 10.